The number of rotatable bonds is 6. The maximum atomic E-state index is 11.6. The Morgan fingerprint density at radius 1 is 0.706 bits per heavy atom. The zero-order valence-electron chi connectivity index (χ0n) is 17.9. The summed E-state index contributed by atoms with van der Waals surface area (Å²) in [6, 6.07) is 0. The molecule has 0 N–H and O–H groups in total. The fraction of sp³-hybridized carbons (Fsp3) is 0.130. The summed E-state index contributed by atoms with van der Waals surface area (Å²) in [5.74, 6) is 32.3. The minimum absolute atomic E-state index is 0. The van der Waals surface area contributed by atoms with Gasteiger partial charge in [0, 0.05) is 11.8 Å². The van der Waals surface area contributed by atoms with Crippen molar-refractivity contribution in [3.8, 4) is 108 Å². The van der Waals surface area contributed by atoms with Crippen molar-refractivity contribution in [2.75, 3.05) is 13.2 Å². The van der Waals surface area contributed by atoms with E-state index in [-0.39, 0.29) is 59.1 Å². The van der Waals surface area contributed by atoms with Crippen LogP contribution in [0.1, 0.15) is 0 Å². The molecule has 0 saturated carbocycles. The van der Waals surface area contributed by atoms with E-state index < -0.39 is 39.1 Å². The quantitative estimate of drug-likeness (QED) is 0.119. The normalized spacial score (nSPS) is 7.88. The van der Waals surface area contributed by atoms with Crippen molar-refractivity contribution in [2.24, 2.45) is 0 Å². The Kier molecular flexibility index (Phi) is 24.4. The average molecular weight is 488 g/mol. The fourth-order valence-corrected chi connectivity index (χ4v) is 1.51. The van der Waals surface area contributed by atoms with E-state index in [1.807, 2.05) is 23.7 Å². The Hall–Kier alpha value is -2.91. The molecule has 0 aliphatic carbocycles. The van der Waals surface area contributed by atoms with Crippen LogP contribution in [0.25, 0.3) is 0 Å². The van der Waals surface area contributed by atoms with Gasteiger partial charge in [0.1, 0.15) is 6.61 Å². The van der Waals surface area contributed by atoms with Gasteiger partial charge in [0.25, 0.3) is 0 Å². The second-order valence-corrected chi connectivity index (χ2v) is 5.56. The van der Waals surface area contributed by atoms with Gasteiger partial charge in [0.15, 0.2) is 6.10 Å². The molecule has 0 amide bonds. The van der Waals surface area contributed by atoms with Crippen LogP contribution in [0.5, 0.6) is 0 Å². The number of hydrogen-bond donors (Lipinski definition) is 0. The second-order valence-electron chi connectivity index (χ2n) is 4.41. The van der Waals surface area contributed by atoms with Gasteiger partial charge in [-0.3, -0.25) is 0 Å². The summed E-state index contributed by atoms with van der Waals surface area (Å²) >= 11 is 0. The van der Waals surface area contributed by atoms with Crippen LogP contribution in [0.4, 0.5) is 0 Å². The predicted molar refractivity (Wildman–Crippen MR) is 106 cm³/mol. The van der Waals surface area contributed by atoms with Crippen molar-refractivity contribution in [2.45, 2.75) is 6.10 Å². The SMILES string of the molecule is C#CC#CC#CC#CC#CC(=O)OC[C@H](COP(=O)([O-])[O-])OC(=O)C#CC#CC#CC#C.[Na+].[Na+]. The zero-order chi connectivity index (χ0) is 24.1. The molecule has 0 aromatic rings. The largest absolute Gasteiger partial charge is 1.00 e. The summed E-state index contributed by atoms with van der Waals surface area (Å²) in [5.41, 5.74) is 0. The van der Waals surface area contributed by atoms with Crippen molar-refractivity contribution in [1.29, 1.82) is 0 Å². The standard InChI is InChI=1S/C23H9O8P.2Na/c1-3-5-7-9-11-12-14-15-17-22(24)29-19-21(20-30-32(26,27)28)31-23(25)18-16-13-10-8-6-4-2;;/h1-2,21H,19-20H2,(H2,26,27,28);;/q;2*+1/p-2/t21-;;/m1../s1. The molecular formula is C23H7Na2O8P. The van der Waals surface area contributed by atoms with Crippen molar-refractivity contribution in [1.82, 2.24) is 0 Å². The molecule has 0 fully saturated rings. The molecule has 0 aliphatic rings. The molecule has 0 rings (SSSR count). The third-order valence-electron chi connectivity index (χ3n) is 2.19. The number of terminal acetylenes is 2. The van der Waals surface area contributed by atoms with Crippen LogP contribution in [-0.4, -0.2) is 31.3 Å². The number of phosphoric ester groups is 1. The maximum Gasteiger partial charge on any atom is 1.00 e. The van der Waals surface area contributed by atoms with E-state index >= 15 is 0 Å². The minimum atomic E-state index is -5.38. The smallest absolute Gasteiger partial charge is 0.790 e. The number of carbonyl (C=O) groups is 2. The van der Waals surface area contributed by atoms with E-state index in [2.05, 4.69) is 80.3 Å². The monoisotopic (exact) mass is 488 g/mol. The first-order chi connectivity index (χ1) is 15.3. The summed E-state index contributed by atoms with van der Waals surface area (Å²) in [7, 11) is -5.38. The minimum Gasteiger partial charge on any atom is -0.790 e. The molecular weight excluding hydrogens is 481 g/mol. The molecule has 0 aromatic carbocycles. The van der Waals surface area contributed by atoms with Gasteiger partial charge >= 0.3 is 71.1 Å². The molecule has 0 unspecified atom stereocenters. The van der Waals surface area contributed by atoms with Crippen LogP contribution >= 0.6 is 7.82 Å². The van der Waals surface area contributed by atoms with Crippen molar-refractivity contribution >= 4 is 19.8 Å². The number of hydrogen-bond acceptors (Lipinski definition) is 8. The van der Waals surface area contributed by atoms with E-state index in [9.17, 15) is 23.9 Å². The van der Waals surface area contributed by atoms with Gasteiger partial charge in [-0.05, 0) is 82.9 Å². The molecule has 8 nitrogen and oxygen atoms in total. The van der Waals surface area contributed by atoms with Crippen molar-refractivity contribution in [3.63, 3.8) is 0 Å². The Labute approximate surface area is 241 Å². The first-order valence-corrected chi connectivity index (χ1v) is 9.21. The van der Waals surface area contributed by atoms with Crippen LogP contribution in [-0.2, 0) is 28.2 Å². The molecule has 0 aromatic heterocycles. The van der Waals surface area contributed by atoms with Gasteiger partial charge in [0.2, 0.25) is 0 Å². The van der Waals surface area contributed by atoms with Crippen LogP contribution in [0.15, 0.2) is 0 Å². The first kappa shape index (κ1) is 35.7. The summed E-state index contributed by atoms with van der Waals surface area (Å²) in [4.78, 5) is 44.4. The van der Waals surface area contributed by atoms with Gasteiger partial charge in [0.05, 0.1) is 14.4 Å². The van der Waals surface area contributed by atoms with Gasteiger partial charge < -0.3 is 28.3 Å². The van der Waals surface area contributed by atoms with Gasteiger partial charge in [-0.2, -0.15) is 0 Å². The molecule has 0 heterocycles. The van der Waals surface area contributed by atoms with Gasteiger partial charge in [-0.25, -0.2) is 9.59 Å². The summed E-state index contributed by atoms with van der Waals surface area (Å²) in [6.07, 6.45) is 8.26. The van der Waals surface area contributed by atoms with Crippen LogP contribution in [0.3, 0.4) is 0 Å². The molecule has 0 bridgehead atoms. The number of phosphoric acid groups is 1. The number of ether oxygens (including phenoxy) is 2. The Balaban J connectivity index is -0.00000480. The van der Waals surface area contributed by atoms with Gasteiger partial charge in [-0.15, -0.1) is 12.8 Å². The summed E-state index contributed by atoms with van der Waals surface area (Å²) in [6.45, 7) is -1.62. The molecule has 0 saturated heterocycles. The van der Waals surface area contributed by atoms with Gasteiger partial charge in [-0.1, -0.05) is 0 Å². The van der Waals surface area contributed by atoms with E-state index in [0.717, 1.165) is 0 Å². The molecule has 11 heteroatoms. The Morgan fingerprint density at radius 3 is 1.56 bits per heavy atom. The second kappa shape index (κ2) is 23.3. The molecule has 0 radical (unpaired) electrons. The van der Waals surface area contributed by atoms with E-state index in [1.165, 1.54) is 0 Å². The molecule has 154 valence electrons. The van der Waals surface area contributed by atoms with Crippen LogP contribution < -0.4 is 68.9 Å². The molecule has 0 spiro atoms. The van der Waals surface area contributed by atoms with Crippen molar-refractivity contribution in [3.05, 3.63) is 0 Å². The summed E-state index contributed by atoms with van der Waals surface area (Å²) < 4.78 is 24.0. The molecule has 1 atom stereocenters. The Bertz CT molecular complexity index is 1310. The van der Waals surface area contributed by atoms with E-state index in [4.69, 9.17) is 17.6 Å². The van der Waals surface area contributed by atoms with E-state index in [0.29, 0.717) is 0 Å². The first-order valence-electron chi connectivity index (χ1n) is 7.75. The third-order valence-corrected chi connectivity index (χ3v) is 2.66. The molecule has 34 heavy (non-hydrogen) atoms. The third kappa shape index (κ3) is 25.4. The zero-order valence-corrected chi connectivity index (χ0v) is 22.8. The maximum absolute atomic E-state index is 11.6. The molecule has 0 aliphatic heterocycles. The average Bonchev–Trinajstić information content (AvgIpc) is 2.73. The Morgan fingerprint density at radius 2 is 1.12 bits per heavy atom. The van der Waals surface area contributed by atoms with Crippen LogP contribution in [0.2, 0.25) is 0 Å². The van der Waals surface area contributed by atoms with Crippen LogP contribution in [0, 0.1) is 108 Å². The number of esters is 2. The topological polar surface area (TPSA) is 125 Å². The fourth-order valence-electron chi connectivity index (χ4n) is 1.16. The summed E-state index contributed by atoms with van der Waals surface area (Å²) in [5, 5.41) is 0. The number of carbonyl (C=O) groups excluding carboxylic acids is 2. The van der Waals surface area contributed by atoms with Crippen molar-refractivity contribution < 1.29 is 97.1 Å². The van der Waals surface area contributed by atoms with E-state index in [1.54, 1.807) is 0 Å². The predicted octanol–water partition coefficient (Wildman–Crippen LogP) is -8.42.